The molecule has 0 bridgehead atoms. The molecule has 4 aromatic rings. The number of benzene rings is 3. The maximum absolute atomic E-state index is 13.1. The molecule has 0 saturated heterocycles. The van der Waals surface area contributed by atoms with E-state index < -0.39 is 17.7 Å². The van der Waals surface area contributed by atoms with E-state index in [-0.39, 0.29) is 29.9 Å². The molecule has 0 saturated carbocycles. The summed E-state index contributed by atoms with van der Waals surface area (Å²) in [4.78, 5) is 23.1. The second kappa shape index (κ2) is 11.8. The lowest BCUT2D eigenvalue weighted by molar-refractivity contribution is -0.138. The molecule has 3 aromatic carbocycles. The Morgan fingerprint density at radius 1 is 1.00 bits per heavy atom. The van der Waals surface area contributed by atoms with Crippen molar-refractivity contribution in [1.29, 1.82) is 0 Å². The van der Waals surface area contributed by atoms with Crippen LogP contribution in [-0.2, 0) is 11.0 Å². The first-order valence-electron chi connectivity index (χ1n) is 12.9. The molecule has 1 unspecified atom stereocenters. The van der Waals surface area contributed by atoms with Crippen molar-refractivity contribution in [1.82, 2.24) is 9.88 Å². The summed E-state index contributed by atoms with van der Waals surface area (Å²) in [5.41, 5.74) is 3.84. The number of amides is 1. The van der Waals surface area contributed by atoms with Crippen LogP contribution in [0.3, 0.4) is 0 Å². The van der Waals surface area contributed by atoms with Crippen LogP contribution in [0.25, 0.3) is 22.0 Å². The molecule has 1 amide bonds. The number of alkyl halides is 3. The van der Waals surface area contributed by atoms with E-state index in [9.17, 15) is 22.8 Å². The Kier molecular flexibility index (Phi) is 8.59. The van der Waals surface area contributed by atoms with Crippen molar-refractivity contribution in [3.63, 3.8) is 0 Å². The van der Waals surface area contributed by atoms with Crippen molar-refractivity contribution in [3.05, 3.63) is 94.1 Å². The Hall–Kier alpha value is -3.78. The number of carboxylic acids is 1. The van der Waals surface area contributed by atoms with Gasteiger partial charge in [0.2, 0.25) is 0 Å². The number of carbonyl (C=O) groups excluding carboxylic acids is 1. The largest absolute Gasteiger partial charge is 0.481 e. The van der Waals surface area contributed by atoms with E-state index in [1.54, 1.807) is 12.1 Å². The van der Waals surface area contributed by atoms with Crippen LogP contribution in [0.15, 0.2) is 66.9 Å². The smallest absolute Gasteiger partial charge is 0.416 e. The lowest BCUT2D eigenvalue weighted by Gasteiger charge is -2.23. The summed E-state index contributed by atoms with van der Waals surface area (Å²) in [6.45, 7) is 6.24. The summed E-state index contributed by atoms with van der Waals surface area (Å²) in [5.74, 6) is -0.937. The monoisotopic (exact) mass is 570 g/mol. The Bertz CT molecular complexity index is 1540. The molecule has 5 nitrogen and oxygen atoms in total. The number of hydrogen-bond acceptors (Lipinski definition) is 2. The molecule has 1 heterocycles. The average Bonchev–Trinajstić information content (AvgIpc) is 3.28. The molecule has 4 rings (SSSR count). The van der Waals surface area contributed by atoms with Gasteiger partial charge in [0.1, 0.15) is 0 Å². The quantitative estimate of drug-likeness (QED) is 0.213. The lowest BCUT2D eigenvalue weighted by Crippen LogP contribution is -2.26. The van der Waals surface area contributed by atoms with Crippen LogP contribution in [0.2, 0.25) is 5.02 Å². The van der Waals surface area contributed by atoms with E-state index in [0.29, 0.717) is 17.0 Å². The van der Waals surface area contributed by atoms with Crippen LogP contribution in [-0.4, -0.2) is 28.1 Å². The molecular weight excluding hydrogens is 541 g/mol. The summed E-state index contributed by atoms with van der Waals surface area (Å²) >= 11 is 6.30. The van der Waals surface area contributed by atoms with Crippen molar-refractivity contribution in [2.45, 2.75) is 45.8 Å². The van der Waals surface area contributed by atoms with Gasteiger partial charge < -0.3 is 15.0 Å². The normalized spacial score (nSPS) is 12.6. The number of halogens is 4. The van der Waals surface area contributed by atoms with Crippen LogP contribution in [0, 0.1) is 12.8 Å². The van der Waals surface area contributed by atoms with Crippen LogP contribution in [0.1, 0.15) is 59.8 Å². The molecule has 0 radical (unpaired) electrons. The molecule has 0 aliphatic rings. The molecule has 0 spiro atoms. The first kappa shape index (κ1) is 29.2. The highest BCUT2D eigenvalue weighted by atomic mass is 35.5. The van der Waals surface area contributed by atoms with Gasteiger partial charge in [-0.1, -0.05) is 43.6 Å². The van der Waals surface area contributed by atoms with Crippen LogP contribution in [0.5, 0.6) is 0 Å². The molecule has 0 aliphatic heterocycles. The van der Waals surface area contributed by atoms with E-state index in [1.807, 2.05) is 43.5 Å². The Morgan fingerprint density at radius 3 is 2.30 bits per heavy atom. The van der Waals surface area contributed by atoms with Gasteiger partial charge in [-0.15, -0.1) is 0 Å². The molecule has 9 heteroatoms. The predicted molar refractivity (Wildman–Crippen MR) is 151 cm³/mol. The fraction of sp³-hybridized carbons (Fsp3) is 0.290. The van der Waals surface area contributed by atoms with Gasteiger partial charge in [0, 0.05) is 39.8 Å². The Morgan fingerprint density at radius 2 is 1.70 bits per heavy atom. The molecule has 0 fully saturated rings. The summed E-state index contributed by atoms with van der Waals surface area (Å²) in [6, 6.07) is 16.6. The zero-order chi connectivity index (χ0) is 29.2. The molecule has 0 aliphatic carbocycles. The number of nitrogens with one attached hydrogen (secondary N) is 1. The molecule has 210 valence electrons. The van der Waals surface area contributed by atoms with Crippen LogP contribution < -0.4 is 5.32 Å². The summed E-state index contributed by atoms with van der Waals surface area (Å²) in [5, 5.41) is 12.4. The number of carboxylic acid groups (broad SMARTS) is 1. The van der Waals surface area contributed by atoms with Crippen LogP contribution >= 0.6 is 11.6 Å². The highest BCUT2D eigenvalue weighted by Gasteiger charge is 2.31. The van der Waals surface area contributed by atoms with Crippen molar-refractivity contribution in [3.8, 4) is 11.1 Å². The third-order valence-corrected chi connectivity index (χ3v) is 7.18. The standard InChI is InChI=1S/C31H30ClF3N2O3/c1-18(2)14-27(20-4-6-21(7-5-20)30(40)36-12-10-29(38)39)37-13-11-22-16-25(19(3)15-28(22)37)24-9-8-23(17-26(24)32)31(33,34)35/h4-9,11,13,15-18,27H,10,12,14H2,1-3H3,(H,36,40)(H,38,39). The summed E-state index contributed by atoms with van der Waals surface area (Å²) in [6.07, 6.45) is -1.78. The summed E-state index contributed by atoms with van der Waals surface area (Å²) < 4.78 is 41.6. The zero-order valence-corrected chi connectivity index (χ0v) is 23.1. The topological polar surface area (TPSA) is 71.3 Å². The zero-order valence-electron chi connectivity index (χ0n) is 22.3. The lowest BCUT2D eigenvalue weighted by atomic mass is 9.95. The number of aryl methyl sites for hydroxylation is 1. The second-order valence-corrected chi connectivity index (χ2v) is 10.7. The predicted octanol–water partition coefficient (Wildman–Crippen LogP) is 8.13. The van der Waals surface area contributed by atoms with E-state index >= 15 is 0 Å². The fourth-order valence-electron chi connectivity index (χ4n) is 4.88. The maximum atomic E-state index is 13.1. The minimum atomic E-state index is -4.47. The molecule has 1 aromatic heterocycles. The van der Waals surface area contributed by atoms with Gasteiger partial charge in [-0.05, 0) is 78.4 Å². The highest BCUT2D eigenvalue weighted by Crippen LogP contribution is 2.39. The molecule has 40 heavy (non-hydrogen) atoms. The number of aliphatic carboxylic acids is 1. The molecule has 1 atom stereocenters. The number of hydrogen-bond donors (Lipinski definition) is 2. The van der Waals surface area contributed by atoms with Crippen molar-refractivity contribution in [2.75, 3.05) is 6.54 Å². The van der Waals surface area contributed by atoms with Gasteiger partial charge >= 0.3 is 12.1 Å². The van der Waals surface area contributed by atoms with E-state index in [2.05, 4.69) is 23.7 Å². The maximum Gasteiger partial charge on any atom is 0.416 e. The molecular formula is C31H30ClF3N2O3. The third kappa shape index (κ3) is 6.50. The van der Waals surface area contributed by atoms with Gasteiger partial charge in [0.25, 0.3) is 5.91 Å². The first-order valence-corrected chi connectivity index (χ1v) is 13.3. The minimum Gasteiger partial charge on any atom is -0.481 e. The minimum absolute atomic E-state index is 0.0264. The Labute approximate surface area is 235 Å². The number of aromatic nitrogens is 1. The van der Waals surface area contributed by atoms with Gasteiger partial charge in [0.05, 0.1) is 18.0 Å². The van der Waals surface area contributed by atoms with E-state index in [0.717, 1.165) is 46.1 Å². The third-order valence-electron chi connectivity index (χ3n) is 6.87. The van der Waals surface area contributed by atoms with E-state index in [1.165, 1.54) is 6.07 Å². The average molecular weight is 571 g/mol. The van der Waals surface area contributed by atoms with Gasteiger partial charge in [-0.2, -0.15) is 13.2 Å². The highest BCUT2D eigenvalue weighted by molar-refractivity contribution is 6.33. The molecule has 2 N–H and O–H groups in total. The van der Waals surface area contributed by atoms with Crippen LogP contribution in [0.4, 0.5) is 13.2 Å². The summed E-state index contributed by atoms with van der Waals surface area (Å²) in [7, 11) is 0. The number of rotatable bonds is 9. The number of carbonyl (C=O) groups is 2. The van der Waals surface area contributed by atoms with Crippen molar-refractivity contribution >= 4 is 34.4 Å². The van der Waals surface area contributed by atoms with Crippen molar-refractivity contribution in [2.24, 2.45) is 5.92 Å². The fourth-order valence-corrected chi connectivity index (χ4v) is 5.16. The SMILES string of the molecule is Cc1cc2c(ccn2C(CC(C)C)c2ccc(C(=O)NCCC(=O)O)cc2)cc1-c1ccc(C(F)(F)F)cc1Cl. The van der Waals surface area contributed by atoms with E-state index in [4.69, 9.17) is 16.7 Å². The first-order chi connectivity index (χ1) is 18.8. The second-order valence-electron chi connectivity index (χ2n) is 10.3. The number of nitrogens with zero attached hydrogens (tertiary/aromatic N) is 1. The Balaban J connectivity index is 1.67. The van der Waals surface area contributed by atoms with Gasteiger partial charge in [-0.25, -0.2) is 0 Å². The number of fused-ring (bicyclic) bond motifs is 1. The van der Waals surface area contributed by atoms with Gasteiger partial charge in [-0.3, -0.25) is 9.59 Å². The van der Waals surface area contributed by atoms with Gasteiger partial charge in [0.15, 0.2) is 0 Å². The van der Waals surface area contributed by atoms with Crippen molar-refractivity contribution < 1.29 is 27.9 Å².